The number of hydrazine groups is 1. The quantitative estimate of drug-likeness (QED) is 0.597. The smallest absolute Gasteiger partial charge is 0.242 e. The van der Waals surface area contributed by atoms with Crippen molar-refractivity contribution in [2.24, 2.45) is 0 Å². The maximum Gasteiger partial charge on any atom is 0.242 e. The first-order valence-electron chi connectivity index (χ1n) is 6.72. The summed E-state index contributed by atoms with van der Waals surface area (Å²) in [6, 6.07) is 16.8. The number of amides is 1. The van der Waals surface area contributed by atoms with Crippen LogP contribution in [0.4, 0.5) is 5.69 Å². The Balaban J connectivity index is 1.81. The number of carbonyl (C=O) groups excluding carboxylic acids is 1. The molecule has 6 heteroatoms. The normalized spacial score (nSPS) is 9.68. The fourth-order valence-corrected chi connectivity index (χ4v) is 2.05. The van der Waals surface area contributed by atoms with Crippen molar-refractivity contribution in [1.29, 1.82) is 0 Å². The van der Waals surface area contributed by atoms with E-state index in [2.05, 4.69) is 16.2 Å². The van der Waals surface area contributed by atoms with Crippen molar-refractivity contribution in [2.45, 2.75) is 6.42 Å². The standard InChI is InChI=1S/C16H17N3O2S/c1-21-14-10-6-5-7-12(14)11-15(20)18-19-16(22)17-13-8-3-2-4-9-13/h2-10H,11H2,1H3,(H,18,20)(H2,17,19,22). The lowest BCUT2D eigenvalue weighted by Crippen LogP contribution is -2.44. The number of para-hydroxylation sites is 2. The molecule has 0 aromatic heterocycles. The number of hydrogen-bond donors (Lipinski definition) is 3. The first-order valence-corrected chi connectivity index (χ1v) is 7.12. The molecule has 0 aliphatic rings. The Morgan fingerprint density at radius 2 is 1.73 bits per heavy atom. The van der Waals surface area contributed by atoms with E-state index in [1.165, 1.54) is 0 Å². The Labute approximate surface area is 134 Å². The largest absolute Gasteiger partial charge is 0.496 e. The average Bonchev–Trinajstić information content (AvgIpc) is 2.54. The first kappa shape index (κ1) is 15.8. The van der Waals surface area contributed by atoms with E-state index in [0.29, 0.717) is 10.9 Å². The van der Waals surface area contributed by atoms with Crippen LogP contribution in [0.25, 0.3) is 0 Å². The van der Waals surface area contributed by atoms with Crippen LogP contribution in [-0.4, -0.2) is 18.1 Å². The number of benzene rings is 2. The van der Waals surface area contributed by atoms with Crippen molar-refractivity contribution in [3.8, 4) is 5.75 Å². The van der Waals surface area contributed by atoms with E-state index >= 15 is 0 Å². The molecule has 0 aliphatic heterocycles. The predicted octanol–water partition coefficient (Wildman–Crippen LogP) is 2.26. The number of carbonyl (C=O) groups is 1. The van der Waals surface area contributed by atoms with Gasteiger partial charge in [0.1, 0.15) is 5.75 Å². The molecule has 0 heterocycles. The Kier molecular flexibility index (Phi) is 5.73. The highest BCUT2D eigenvalue weighted by Crippen LogP contribution is 2.17. The van der Waals surface area contributed by atoms with E-state index in [4.69, 9.17) is 17.0 Å². The zero-order chi connectivity index (χ0) is 15.8. The zero-order valence-corrected chi connectivity index (χ0v) is 12.9. The summed E-state index contributed by atoms with van der Waals surface area (Å²) < 4.78 is 5.21. The molecule has 0 saturated heterocycles. The minimum atomic E-state index is -0.207. The van der Waals surface area contributed by atoms with Gasteiger partial charge < -0.3 is 10.1 Å². The van der Waals surface area contributed by atoms with Gasteiger partial charge in [-0.25, -0.2) is 0 Å². The molecule has 0 aliphatic carbocycles. The molecular weight excluding hydrogens is 298 g/mol. The Morgan fingerprint density at radius 3 is 2.45 bits per heavy atom. The van der Waals surface area contributed by atoms with Crippen LogP contribution in [0, 0.1) is 0 Å². The molecule has 1 amide bonds. The molecule has 0 saturated carbocycles. The van der Waals surface area contributed by atoms with Crippen molar-refractivity contribution in [1.82, 2.24) is 10.9 Å². The highest BCUT2D eigenvalue weighted by Gasteiger charge is 2.08. The van der Waals surface area contributed by atoms with Crippen molar-refractivity contribution in [3.05, 3.63) is 60.2 Å². The molecule has 0 unspecified atom stereocenters. The number of nitrogens with one attached hydrogen (secondary N) is 3. The van der Waals surface area contributed by atoms with Crippen LogP contribution in [0.5, 0.6) is 5.75 Å². The molecule has 0 spiro atoms. The third-order valence-electron chi connectivity index (χ3n) is 2.89. The summed E-state index contributed by atoms with van der Waals surface area (Å²) in [5, 5.41) is 3.28. The molecule has 2 rings (SSSR count). The van der Waals surface area contributed by atoms with Gasteiger partial charge in [0, 0.05) is 11.3 Å². The Morgan fingerprint density at radius 1 is 1.05 bits per heavy atom. The molecule has 2 aromatic rings. The second-order valence-corrected chi connectivity index (χ2v) is 4.89. The number of methoxy groups -OCH3 is 1. The van der Waals surface area contributed by atoms with Crippen LogP contribution in [0.1, 0.15) is 5.56 Å². The van der Waals surface area contributed by atoms with Crippen LogP contribution >= 0.6 is 12.2 Å². The topological polar surface area (TPSA) is 62.4 Å². The summed E-state index contributed by atoms with van der Waals surface area (Å²) in [7, 11) is 1.58. The van der Waals surface area contributed by atoms with Gasteiger partial charge in [-0.15, -0.1) is 0 Å². The van der Waals surface area contributed by atoms with E-state index < -0.39 is 0 Å². The second-order valence-electron chi connectivity index (χ2n) is 4.48. The Hall–Kier alpha value is -2.60. The van der Waals surface area contributed by atoms with E-state index in [0.717, 1.165) is 11.3 Å². The van der Waals surface area contributed by atoms with Crippen molar-refractivity contribution in [2.75, 3.05) is 12.4 Å². The van der Waals surface area contributed by atoms with Crippen molar-refractivity contribution in [3.63, 3.8) is 0 Å². The fraction of sp³-hybridized carbons (Fsp3) is 0.125. The lowest BCUT2D eigenvalue weighted by Gasteiger charge is -2.12. The molecule has 0 bridgehead atoms. The molecule has 22 heavy (non-hydrogen) atoms. The SMILES string of the molecule is COc1ccccc1CC(=O)NNC(=S)Nc1ccccc1. The van der Waals surface area contributed by atoms with Gasteiger partial charge in [-0.1, -0.05) is 36.4 Å². The number of thiocarbonyl (C=S) groups is 1. The van der Waals surface area contributed by atoms with E-state index in [-0.39, 0.29) is 12.3 Å². The summed E-state index contributed by atoms with van der Waals surface area (Å²) in [6.07, 6.45) is 0.199. The van der Waals surface area contributed by atoms with Gasteiger partial charge in [-0.2, -0.15) is 0 Å². The lowest BCUT2D eigenvalue weighted by molar-refractivity contribution is -0.121. The highest BCUT2D eigenvalue weighted by molar-refractivity contribution is 7.80. The van der Waals surface area contributed by atoms with Crippen molar-refractivity contribution < 1.29 is 9.53 Å². The minimum absolute atomic E-state index is 0.199. The third kappa shape index (κ3) is 4.75. The van der Waals surface area contributed by atoms with Gasteiger partial charge in [0.05, 0.1) is 13.5 Å². The Bertz CT molecular complexity index is 647. The third-order valence-corrected chi connectivity index (χ3v) is 3.09. The lowest BCUT2D eigenvalue weighted by atomic mass is 10.1. The van der Waals surface area contributed by atoms with E-state index in [1.807, 2.05) is 54.6 Å². The summed E-state index contributed by atoms with van der Waals surface area (Å²) in [5.74, 6) is 0.476. The predicted molar refractivity (Wildman–Crippen MR) is 90.6 cm³/mol. The van der Waals surface area contributed by atoms with Gasteiger partial charge in [-0.3, -0.25) is 15.6 Å². The molecule has 0 radical (unpaired) electrons. The zero-order valence-electron chi connectivity index (χ0n) is 12.1. The minimum Gasteiger partial charge on any atom is -0.496 e. The molecule has 114 valence electrons. The van der Waals surface area contributed by atoms with E-state index in [1.54, 1.807) is 7.11 Å². The molecule has 5 nitrogen and oxygen atoms in total. The van der Waals surface area contributed by atoms with Gasteiger partial charge >= 0.3 is 0 Å². The van der Waals surface area contributed by atoms with Crippen LogP contribution in [0.2, 0.25) is 0 Å². The summed E-state index contributed by atoms with van der Waals surface area (Å²) in [4.78, 5) is 11.9. The highest BCUT2D eigenvalue weighted by atomic mass is 32.1. The van der Waals surface area contributed by atoms with Crippen LogP contribution in [-0.2, 0) is 11.2 Å². The summed E-state index contributed by atoms with van der Waals surface area (Å²) in [6.45, 7) is 0. The first-order chi connectivity index (χ1) is 10.7. The number of rotatable bonds is 4. The maximum atomic E-state index is 11.9. The number of hydrogen-bond acceptors (Lipinski definition) is 3. The number of anilines is 1. The van der Waals surface area contributed by atoms with Crippen LogP contribution in [0.15, 0.2) is 54.6 Å². The van der Waals surface area contributed by atoms with Crippen LogP contribution in [0.3, 0.4) is 0 Å². The summed E-state index contributed by atoms with van der Waals surface area (Å²) in [5.41, 5.74) is 6.88. The van der Waals surface area contributed by atoms with Crippen LogP contribution < -0.4 is 20.9 Å². The second kappa shape index (κ2) is 7.99. The monoisotopic (exact) mass is 315 g/mol. The molecule has 2 aromatic carbocycles. The summed E-state index contributed by atoms with van der Waals surface area (Å²) >= 11 is 5.11. The van der Waals surface area contributed by atoms with Gasteiger partial charge in [0.2, 0.25) is 5.91 Å². The number of ether oxygens (including phenoxy) is 1. The van der Waals surface area contributed by atoms with Gasteiger partial charge in [-0.05, 0) is 30.4 Å². The van der Waals surface area contributed by atoms with Gasteiger partial charge in [0.15, 0.2) is 5.11 Å². The average molecular weight is 315 g/mol. The molecular formula is C16H17N3O2S. The fourth-order valence-electron chi connectivity index (χ4n) is 1.88. The maximum absolute atomic E-state index is 11.9. The van der Waals surface area contributed by atoms with E-state index in [9.17, 15) is 4.79 Å². The molecule has 3 N–H and O–H groups in total. The molecule has 0 atom stereocenters. The van der Waals surface area contributed by atoms with Crippen molar-refractivity contribution >= 4 is 28.9 Å². The van der Waals surface area contributed by atoms with Gasteiger partial charge in [0.25, 0.3) is 0 Å². The molecule has 0 fully saturated rings.